The van der Waals surface area contributed by atoms with Crippen molar-refractivity contribution in [1.82, 2.24) is 9.97 Å². The average Bonchev–Trinajstić information content (AvgIpc) is 2.63. The molecule has 1 aromatic rings. The fourth-order valence-electron chi connectivity index (χ4n) is 1.88. The Morgan fingerprint density at radius 1 is 1.69 bits per heavy atom. The third kappa shape index (κ3) is 1.98. The lowest BCUT2D eigenvalue weighted by molar-refractivity contribution is -0.125. The van der Waals surface area contributed by atoms with Crippen LogP contribution in [0.3, 0.4) is 0 Å². The molecule has 1 unspecified atom stereocenters. The first-order valence-corrected chi connectivity index (χ1v) is 6.11. The number of halogens is 1. The summed E-state index contributed by atoms with van der Waals surface area (Å²) in [6.45, 7) is 3.35. The molecule has 1 saturated heterocycles. The van der Waals surface area contributed by atoms with Crippen molar-refractivity contribution < 1.29 is 4.79 Å². The van der Waals surface area contributed by atoms with Gasteiger partial charge in [-0.25, -0.2) is 9.97 Å². The minimum Gasteiger partial charge on any atom is -0.369 e. The van der Waals surface area contributed by atoms with Crippen LogP contribution in [0.15, 0.2) is 12.5 Å². The number of hydrogen-bond acceptors (Lipinski definition) is 4. The molecule has 1 aliphatic heterocycles. The van der Waals surface area contributed by atoms with E-state index in [4.69, 9.17) is 5.73 Å². The van der Waals surface area contributed by atoms with Gasteiger partial charge in [0.25, 0.3) is 0 Å². The summed E-state index contributed by atoms with van der Waals surface area (Å²) in [6.07, 6.45) is 4.07. The molecular weight excluding hydrogens is 319 g/mol. The van der Waals surface area contributed by atoms with E-state index in [0.717, 1.165) is 22.4 Å². The van der Waals surface area contributed by atoms with E-state index in [9.17, 15) is 4.79 Å². The number of primary amides is 1. The van der Waals surface area contributed by atoms with Crippen molar-refractivity contribution in [3.05, 3.63) is 16.1 Å². The lowest BCUT2D eigenvalue weighted by Crippen LogP contribution is -2.37. The van der Waals surface area contributed by atoms with Gasteiger partial charge in [0.1, 0.15) is 12.1 Å². The van der Waals surface area contributed by atoms with Crippen LogP contribution in [0, 0.1) is 8.99 Å². The number of nitrogens with two attached hydrogens (primary N) is 1. The number of nitrogens with zero attached hydrogens (tertiary/aromatic N) is 3. The minimum absolute atomic E-state index is 0.237. The third-order valence-corrected chi connectivity index (χ3v) is 3.78. The normalized spacial score (nSPS) is 24.8. The van der Waals surface area contributed by atoms with Gasteiger partial charge in [-0.3, -0.25) is 4.79 Å². The van der Waals surface area contributed by atoms with Gasteiger partial charge in [0.05, 0.1) is 8.99 Å². The molecule has 1 aromatic heterocycles. The van der Waals surface area contributed by atoms with Crippen LogP contribution in [-0.4, -0.2) is 29.0 Å². The highest BCUT2D eigenvalue weighted by Crippen LogP contribution is 2.33. The molecular formula is C10H13IN4O. The van der Waals surface area contributed by atoms with Gasteiger partial charge >= 0.3 is 0 Å². The van der Waals surface area contributed by atoms with E-state index >= 15 is 0 Å². The first kappa shape index (κ1) is 11.6. The van der Waals surface area contributed by atoms with E-state index in [1.165, 1.54) is 6.33 Å². The molecule has 6 heteroatoms. The van der Waals surface area contributed by atoms with Gasteiger partial charge in [-0.15, -0.1) is 0 Å². The summed E-state index contributed by atoms with van der Waals surface area (Å²) in [4.78, 5) is 21.6. The minimum atomic E-state index is -0.436. The van der Waals surface area contributed by atoms with Gasteiger partial charge in [0, 0.05) is 19.3 Å². The fraction of sp³-hybridized carbons (Fsp3) is 0.500. The highest BCUT2D eigenvalue weighted by Gasteiger charge is 2.39. The number of rotatable bonds is 2. The lowest BCUT2D eigenvalue weighted by Gasteiger charge is -2.22. The molecule has 2 N–H and O–H groups in total. The number of aromatic nitrogens is 2. The predicted molar refractivity (Wildman–Crippen MR) is 68.9 cm³/mol. The number of carbonyl (C=O) groups excluding carboxylic acids is 1. The van der Waals surface area contributed by atoms with Gasteiger partial charge < -0.3 is 10.6 Å². The van der Waals surface area contributed by atoms with Gasteiger partial charge in [-0.2, -0.15) is 0 Å². The molecule has 1 amide bonds. The van der Waals surface area contributed by atoms with Crippen molar-refractivity contribution in [2.75, 3.05) is 18.0 Å². The van der Waals surface area contributed by atoms with E-state index in [0.29, 0.717) is 6.54 Å². The molecule has 1 atom stereocenters. The van der Waals surface area contributed by atoms with Crippen LogP contribution in [-0.2, 0) is 4.79 Å². The second-order valence-corrected chi connectivity index (χ2v) is 5.45. The molecule has 5 nitrogen and oxygen atoms in total. The molecule has 2 rings (SSSR count). The largest absolute Gasteiger partial charge is 0.369 e. The van der Waals surface area contributed by atoms with Crippen molar-refractivity contribution in [1.29, 1.82) is 0 Å². The smallest absolute Gasteiger partial charge is 0.225 e. The fourth-order valence-corrected chi connectivity index (χ4v) is 2.52. The summed E-state index contributed by atoms with van der Waals surface area (Å²) in [7, 11) is 0. The Bertz CT molecular complexity index is 425. The van der Waals surface area contributed by atoms with E-state index in [1.54, 1.807) is 6.20 Å². The molecule has 1 fully saturated rings. The Morgan fingerprint density at radius 3 is 3.00 bits per heavy atom. The average molecular weight is 332 g/mol. The zero-order valence-electron chi connectivity index (χ0n) is 8.98. The molecule has 0 aliphatic carbocycles. The quantitative estimate of drug-likeness (QED) is 0.813. The molecule has 0 radical (unpaired) electrons. The zero-order chi connectivity index (χ0) is 11.8. The standard InChI is InChI=1S/C10H13IN4O/c1-10(9(12)16)2-3-15(5-10)8-7(11)4-13-6-14-8/h4,6H,2-3,5H2,1H3,(H2,12,16). The van der Waals surface area contributed by atoms with Crippen molar-refractivity contribution in [3.63, 3.8) is 0 Å². The van der Waals surface area contributed by atoms with Gasteiger partial charge in [-0.1, -0.05) is 0 Å². The van der Waals surface area contributed by atoms with Gasteiger partial charge in [0.2, 0.25) is 5.91 Å². The summed E-state index contributed by atoms with van der Waals surface area (Å²) >= 11 is 2.20. The summed E-state index contributed by atoms with van der Waals surface area (Å²) in [5.41, 5.74) is 4.97. The van der Waals surface area contributed by atoms with Crippen LogP contribution in [0.5, 0.6) is 0 Å². The van der Waals surface area contributed by atoms with E-state index in [-0.39, 0.29) is 5.91 Å². The van der Waals surface area contributed by atoms with Crippen LogP contribution in [0.25, 0.3) is 0 Å². The number of carbonyl (C=O) groups is 1. The van der Waals surface area contributed by atoms with Crippen LogP contribution in [0.1, 0.15) is 13.3 Å². The Kier molecular flexibility index (Phi) is 3.00. The van der Waals surface area contributed by atoms with E-state index in [2.05, 4.69) is 37.5 Å². The molecule has 0 spiro atoms. The summed E-state index contributed by atoms with van der Waals surface area (Å²) in [5, 5.41) is 0. The maximum Gasteiger partial charge on any atom is 0.225 e. The third-order valence-electron chi connectivity index (χ3n) is 3.02. The zero-order valence-corrected chi connectivity index (χ0v) is 11.1. The van der Waals surface area contributed by atoms with Crippen LogP contribution in [0.2, 0.25) is 0 Å². The monoisotopic (exact) mass is 332 g/mol. The maximum absolute atomic E-state index is 11.3. The van der Waals surface area contributed by atoms with Gasteiger partial charge in [-0.05, 0) is 35.9 Å². The summed E-state index contributed by atoms with van der Waals surface area (Å²) < 4.78 is 0.994. The highest BCUT2D eigenvalue weighted by atomic mass is 127. The second-order valence-electron chi connectivity index (χ2n) is 4.29. The number of anilines is 1. The number of hydrogen-bond donors (Lipinski definition) is 1. The molecule has 0 aromatic carbocycles. The Balaban J connectivity index is 2.22. The molecule has 86 valence electrons. The molecule has 1 aliphatic rings. The van der Waals surface area contributed by atoms with Crippen LogP contribution < -0.4 is 10.6 Å². The Morgan fingerprint density at radius 2 is 2.44 bits per heavy atom. The SMILES string of the molecule is CC1(C(N)=O)CCN(c2ncncc2I)C1. The molecule has 16 heavy (non-hydrogen) atoms. The van der Waals surface area contributed by atoms with Crippen LogP contribution >= 0.6 is 22.6 Å². The molecule has 2 heterocycles. The lowest BCUT2D eigenvalue weighted by atomic mass is 9.89. The van der Waals surface area contributed by atoms with Crippen LogP contribution in [0.4, 0.5) is 5.82 Å². The Labute approximate surface area is 108 Å². The van der Waals surface area contributed by atoms with Gasteiger partial charge in [0.15, 0.2) is 0 Å². The molecule has 0 saturated carbocycles. The maximum atomic E-state index is 11.3. The van der Waals surface area contributed by atoms with Crippen molar-refractivity contribution in [3.8, 4) is 0 Å². The number of amides is 1. The highest BCUT2D eigenvalue weighted by molar-refractivity contribution is 14.1. The van der Waals surface area contributed by atoms with E-state index in [1.807, 2.05) is 6.92 Å². The summed E-state index contributed by atoms with van der Waals surface area (Å²) in [6, 6.07) is 0. The Hall–Kier alpha value is -0.920. The first-order valence-electron chi connectivity index (χ1n) is 5.03. The van der Waals surface area contributed by atoms with Crippen molar-refractivity contribution in [2.45, 2.75) is 13.3 Å². The van der Waals surface area contributed by atoms with E-state index < -0.39 is 5.41 Å². The van der Waals surface area contributed by atoms with Crippen molar-refractivity contribution in [2.24, 2.45) is 11.1 Å². The summed E-state index contributed by atoms with van der Waals surface area (Å²) in [5.74, 6) is 0.652. The predicted octanol–water partition coefficient (Wildman–Crippen LogP) is 0.783. The topological polar surface area (TPSA) is 72.1 Å². The molecule has 0 bridgehead atoms. The first-order chi connectivity index (χ1) is 7.53. The van der Waals surface area contributed by atoms with Crippen molar-refractivity contribution >= 4 is 34.3 Å². The second kappa shape index (κ2) is 4.15.